The molecule has 5 atom stereocenters. The number of rotatable bonds is 20. The summed E-state index contributed by atoms with van der Waals surface area (Å²) < 4.78 is 5.40. The number of amides is 4. The number of aliphatic hydroxyl groups is 2. The zero-order valence-corrected chi connectivity index (χ0v) is 34.9. The Balaban J connectivity index is 1.53. The van der Waals surface area contributed by atoms with Crippen LogP contribution < -0.4 is 11.1 Å². The molecule has 2 fully saturated rings. The summed E-state index contributed by atoms with van der Waals surface area (Å²) in [5.74, 6) is -1.60. The van der Waals surface area contributed by atoms with Crippen LogP contribution in [0.15, 0.2) is 35.7 Å². The van der Waals surface area contributed by atoms with Crippen molar-refractivity contribution in [2.45, 2.75) is 116 Å². The maximum atomic E-state index is 14.5. The largest absolute Gasteiger partial charge is 0.390 e. The Labute approximate surface area is 337 Å². The summed E-state index contributed by atoms with van der Waals surface area (Å²) in [7, 11) is 3.41. The number of carbonyl (C=O) groups is 4. The summed E-state index contributed by atoms with van der Waals surface area (Å²) in [6.07, 6.45) is 5.32. The molecule has 0 spiro atoms. The van der Waals surface area contributed by atoms with Crippen molar-refractivity contribution in [2.75, 3.05) is 52.7 Å². The van der Waals surface area contributed by atoms with E-state index in [1.807, 2.05) is 51.1 Å². The number of hydrogen-bond donors (Lipinski definition) is 4. The Bertz CT molecular complexity index is 1530. The second-order valence-corrected chi connectivity index (χ2v) is 17.3. The highest BCUT2D eigenvalue weighted by Gasteiger charge is 2.35. The Morgan fingerprint density at radius 2 is 1.61 bits per heavy atom. The van der Waals surface area contributed by atoms with Gasteiger partial charge < -0.3 is 40.7 Å². The van der Waals surface area contributed by atoms with Gasteiger partial charge in [-0.1, -0.05) is 76.3 Å². The topological polar surface area (TPSA) is 179 Å². The first kappa shape index (κ1) is 45.1. The summed E-state index contributed by atoms with van der Waals surface area (Å²) in [6.45, 7) is 7.35. The zero-order chi connectivity index (χ0) is 40.8. The number of nitrogen functional groups attached to an aromatic ring is 1. The lowest BCUT2D eigenvalue weighted by Crippen LogP contribution is -2.52. The molecule has 13 nitrogen and oxygen atoms in total. The van der Waals surface area contributed by atoms with Crippen LogP contribution in [0.3, 0.4) is 0 Å². The van der Waals surface area contributed by atoms with E-state index in [4.69, 9.17) is 10.5 Å². The zero-order valence-electron chi connectivity index (χ0n) is 34.1. The SMILES string of the molecule is CC(C)C[C@H](O)[C@H](O)[C@H](CC1CCCCC1)NC(=O)[C@@H](CC(=O)N(CC(=O)N(C)CCN(C)C(=O)C1CCOCC1)[C@@H](C)c1ccccc1)Cc1csc(N)n1. The number of benzene rings is 1. The highest BCUT2D eigenvalue weighted by atomic mass is 32.1. The molecule has 2 heterocycles. The number of hydrogen-bond acceptors (Lipinski definition) is 10. The van der Waals surface area contributed by atoms with Crippen molar-refractivity contribution in [1.82, 2.24) is 25.0 Å². The smallest absolute Gasteiger partial charge is 0.242 e. The van der Waals surface area contributed by atoms with Crippen LogP contribution in [0.25, 0.3) is 0 Å². The van der Waals surface area contributed by atoms with Gasteiger partial charge in [0, 0.05) is 64.5 Å². The molecule has 0 radical (unpaired) electrons. The highest BCUT2D eigenvalue weighted by molar-refractivity contribution is 7.13. The second-order valence-electron chi connectivity index (χ2n) is 16.4. The molecule has 0 unspecified atom stereocenters. The molecule has 1 aliphatic carbocycles. The van der Waals surface area contributed by atoms with Crippen molar-refractivity contribution < 1.29 is 34.1 Å². The van der Waals surface area contributed by atoms with Crippen molar-refractivity contribution >= 4 is 40.1 Å². The first-order chi connectivity index (χ1) is 26.7. The molecule has 2 aromatic rings. The third kappa shape index (κ3) is 13.8. The number of nitrogens with one attached hydrogen (secondary N) is 1. The maximum Gasteiger partial charge on any atom is 0.242 e. The molecule has 1 aromatic carbocycles. The monoisotopic (exact) mass is 798 g/mol. The fraction of sp³-hybridized carbons (Fsp3) is 0.690. The number of carbonyl (C=O) groups excluding carboxylic acids is 4. The molecule has 1 saturated carbocycles. The van der Waals surface area contributed by atoms with Crippen LogP contribution >= 0.6 is 11.3 Å². The molecule has 4 amide bonds. The van der Waals surface area contributed by atoms with E-state index in [1.165, 1.54) is 21.1 Å². The summed E-state index contributed by atoms with van der Waals surface area (Å²) in [5, 5.41) is 27.6. The maximum absolute atomic E-state index is 14.5. The molecular weight excluding hydrogens is 733 g/mol. The normalized spacial score (nSPS) is 18.1. The van der Waals surface area contributed by atoms with Gasteiger partial charge >= 0.3 is 0 Å². The number of anilines is 1. The van der Waals surface area contributed by atoms with Crippen molar-refractivity contribution in [3.63, 3.8) is 0 Å². The van der Waals surface area contributed by atoms with Crippen LogP contribution in [-0.2, 0) is 30.3 Å². The molecule has 56 heavy (non-hydrogen) atoms. The standard InChI is InChI=1S/C42H66N6O7S/c1-28(2)22-36(49)39(52)35(23-30-12-8-6-9-13-30)45-40(53)33(24-34-27-56-42(43)44-34)25-37(50)48(29(3)31-14-10-7-11-15-31)26-38(51)46(4)18-19-47(5)41(54)32-16-20-55-21-17-32/h7,10-11,14-15,27-30,32-33,35-36,39,49,52H,6,8-9,12-13,16-26H2,1-5H3,(H2,43,44)(H,45,53)/t29-,33+,35-,36-,39+/m0/s1. The lowest BCUT2D eigenvalue weighted by atomic mass is 9.82. The number of aliphatic hydroxyl groups excluding tert-OH is 2. The van der Waals surface area contributed by atoms with Gasteiger partial charge in [0.1, 0.15) is 12.6 Å². The van der Waals surface area contributed by atoms with Gasteiger partial charge in [0.05, 0.1) is 29.8 Å². The number of nitrogens with two attached hydrogens (primary N) is 1. The lowest BCUT2D eigenvalue weighted by molar-refractivity contribution is -0.144. The highest BCUT2D eigenvalue weighted by Crippen LogP contribution is 2.30. The van der Waals surface area contributed by atoms with Gasteiger partial charge in [-0.15, -0.1) is 11.3 Å². The van der Waals surface area contributed by atoms with E-state index in [0.717, 1.165) is 37.7 Å². The van der Waals surface area contributed by atoms with Gasteiger partial charge in [0.2, 0.25) is 23.6 Å². The Hall–Kier alpha value is -3.59. The summed E-state index contributed by atoms with van der Waals surface area (Å²) in [6, 6.07) is 8.24. The average Bonchev–Trinajstić information content (AvgIpc) is 3.61. The van der Waals surface area contributed by atoms with E-state index in [9.17, 15) is 29.4 Å². The quantitative estimate of drug-likeness (QED) is 0.151. The van der Waals surface area contributed by atoms with Crippen LogP contribution in [0, 0.1) is 23.7 Å². The predicted molar refractivity (Wildman–Crippen MR) is 218 cm³/mol. The lowest BCUT2D eigenvalue weighted by Gasteiger charge is -2.34. The fourth-order valence-corrected chi connectivity index (χ4v) is 8.50. The van der Waals surface area contributed by atoms with Crippen LogP contribution in [0.2, 0.25) is 0 Å². The van der Waals surface area contributed by atoms with Crippen LogP contribution in [-0.4, -0.2) is 119 Å². The van der Waals surface area contributed by atoms with E-state index in [0.29, 0.717) is 62.2 Å². The molecule has 1 saturated heterocycles. The molecule has 1 aromatic heterocycles. The second kappa shape index (κ2) is 22.4. The molecule has 0 bridgehead atoms. The number of nitrogens with zero attached hydrogens (tertiary/aromatic N) is 4. The van der Waals surface area contributed by atoms with Crippen LogP contribution in [0.5, 0.6) is 0 Å². The van der Waals surface area contributed by atoms with E-state index in [1.54, 1.807) is 24.4 Å². The molecule has 14 heteroatoms. The Morgan fingerprint density at radius 3 is 2.23 bits per heavy atom. The third-order valence-electron chi connectivity index (χ3n) is 11.5. The van der Waals surface area contributed by atoms with Crippen molar-refractivity contribution in [3.8, 4) is 0 Å². The van der Waals surface area contributed by atoms with Gasteiger partial charge in [-0.2, -0.15) is 0 Å². The molecular formula is C42H66N6O7S. The first-order valence-corrected chi connectivity index (χ1v) is 21.4. The molecule has 1 aliphatic heterocycles. The van der Waals surface area contributed by atoms with Gasteiger partial charge in [0.15, 0.2) is 5.13 Å². The van der Waals surface area contributed by atoms with Gasteiger partial charge in [0.25, 0.3) is 0 Å². The van der Waals surface area contributed by atoms with Crippen LogP contribution in [0.4, 0.5) is 5.13 Å². The van der Waals surface area contributed by atoms with Crippen LogP contribution in [0.1, 0.15) is 102 Å². The first-order valence-electron chi connectivity index (χ1n) is 20.5. The molecule has 4 rings (SSSR count). The minimum absolute atomic E-state index is 0.0396. The van der Waals surface area contributed by atoms with E-state index < -0.39 is 36.1 Å². The average molecular weight is 799 g/mol. The Kier molecular flexibility index (Phi) is 18.0. The number of likely N-dealkylation sites (N-methyl/N-ethyl adjacent to an activating group) is 2. The number of aromatic nitrogens is 1. The summed E-state index contributed by atoms with van der Waals surface area (Å²) >= 11 is 1.25. The third-order valence-corrected chi connectivity index (χ3v) is 12.2. The van der Waals surface area contributed by atoms with E-state index >= 15 is 0 Å². The van der Waals surface area contributed by atoms with Gasteiger partial charge in [-0.3, -0.25) is 19.2 Å². The Morgan fingerprint density at radius 1 is 0.946 bits per heavy atom. The number of thiazole rings is 1. The van der Waals surface area contributed by atoms with Crippen molar-refractivity contribution in [2.24, 2.45) is 23.7 Å². The van der Waals surface area contributed by atoms with Gasteiger partial charge in [-0.25, -0.2) is 4.98 Å². The van der Waals surface area contributed by atoms with Gasteiger partial charge in [-0.05, 0) is 50.0 Å². The fourth-order valence-electron chi connectivity index (χ4n) is 7.92. The summed E-state index contributed by atoms with van der Waals surface area (Å²) in [4.78, 5) is 64.8. The molecule has 312 valence electrons. The predicted octanol–water partition coefficient (Wildman–Crippen LogP) is 4.43. The molecule has 2 aliphatic rings. The van der Waals surface area contributed by atoms with E-state index in [2.05, 4.69) is 10.3 Å². The minimum Gasteiger partial charge on any atom is -0.390 e. The van der Waals surface area contributed by atoms with Crippen molar-refractivity contribution in [3.05, 3.63) is 47.0 Å². The number of ether oxygens (including phenoxy) is 1. The summed E-state index contributed by atoms with van der Waals surface area (Å²) in [5.41, 5.74) is 7.37. The minimum atomic E-state index is -1.18. The molecule has 5 N–H and O–H groups in total. The van der Waals surface area contributed by atoms with Crippen molar-refractivity contribution in [1.29, 1.82) is 0 Å². The van der Waals surface area contributed by atoms with E-state index in [-0.39, 0.29) is 55.5 Å².